The molecule has 0 aliphatic carbocycles. The van der Waals surface area contributed by atoms with Crippen molar-refractivity contribution in [3.8, 4) is 5.75 Å². The smallest absolute Gasteiger partial charge is 0.229 e. The number of benzene rings is 2. The summed E-state index contributed by atoms with van der Waals surface area (Å²) in [7, 11) is 1.59. The van der Waals surface area contributed by atoms with Crippen molar-refractivity contribution in [1.82, 2.24) is 10.3 Å². The monoisotopic (exact) mass is 572 g/mol. The van der Waals surface area contributed by atoms with Crippen LogP contribution in [0.25, 0.3) is 0 Å². The summed E-state index contributed by atoms with van der Waals surface area (Å²) in [6, 6.07) is 23.3. The van der Waals surface area contributed by atoms with E-state index in [0.29, 0.717) is 16.5 Å². The zero-order chi connectivity index (χ0) is 28.4. The van der Waals surface area contributed by atoms with Gasteiger partial charge >= 0.3 is 0 Å². The van der Waals surface area contributed by atoms with E-state index in [1.54, 1.807) is 25.1 Å². The standard InChI is InChI=1S/C31H32N4O3S2/c1-19-9-12-21(13-10-19)40-26-16-15-24(38-26)28-27(23-8-6-7-17-32-23)34-30(39)35(28)20-11-14-22(25(18-20)37-5)33-29(36)31(2,3)4/h6-18,27-28H,1-5H3,(H,33,36)(H,34,39). The van der Waals surface area contributed by atoms with Gasteiger partial charge < -0.3 is 24.7 Å². The summed E-state index contributed by atoms with van der Waals surface area (Å²) in [5, 5.41) is 7.76. The Morgan fingerprint density at radius 1 is 1.10 bits per heavy atom. The zero-order valence-corrected chi connectivity index (χ0v) is 24.7. The van der Waals surface area contributed by atoms with Gasteiger partial charge in [0.25, 0.3) is 0 Å². The highest BCUT2D eigenvalue weighted by atomic mass is 32.2. The van der Waals surface area contributed by atoms with Crippen molar-refractivity contribution >= 4 is 46.4 Å². The number of nitrogens with zero attached hydrogens (tertiary/aromatic N) is 2. The summed E-state index contributed by atoms with van der Waals surface area (Å²) in [4.78, 5) is 20.4. The number of furan rings is 1. The Hall–Kier alpha value is -3.82. The number of thiocarbonyl (C=S) groups is 1. The number of hydrogen-bond acceptors (Lipinski definition) is 6. The highest BCUT2D eigenvalue weighted by Gasteiger charge is 2.43. The van der Waals surface area contributed by atoms with Gasteiger partial charge in [-0.3, -0.25) is 9.78 Å². The van der Waals surface area contributed by atoms with Gasteiger partial charge in [-0.25, -0.2) is 0 Å². The maximum Gasteiger partial charge on any atom is 0.229 e. The minimum atomic E-state index is -0.543. The van der Waals surface area contributed by atoms with E-state index in [2.05, 4.69) is 46.8 Å². The van der Waals surface area contributed by atoms with Crippen LogP contribution in [0, 0.1) is 12.3 Å². The molecule has 2 aromatic carbocycles. The van der Waals surface area contributed by atoms with E-state index in [-0.39, 0.29) is 18.0 Å². The van der Waals surface area contributed by atoms with Gasteiger partial charge in [0.05, 0.1) is 24.5 Å². The molecule has 3 heterocycles. The predicted molar refractivity (Wildman–Crippen MR) is 163 cm³/mol. The van der Waals surface area contributed by atoms with Gasteiger partial charge in [-0.2, -0.15) is 0 Å². The Bertz CT molecular complexity index is 1510. The number of carbonyl (C=O) groups is 1. The molecule has 9 heteroatoms. The van der Waals surface area contributed by atoms with E-state index in [0.717, 1.165) is 27.1 Å². The van der Waals surface area contributed by atoms with Crippen LogP contribution in [-0.2, 0) is 4.79 Å². The Balaban J connectivity index is 1.51. The fourth-order valence-corrected chi connectivity index (χ4v) is 5.56. The third-order valence-electron chi connectivity index (χ3n) is 6.62. The normalized spacial score (nSPS) is 17.0. The molecule has 0 spiro atoms. The van der Waals surface area contributed by atoms with E-state index in [9.17, 15) is 4.79 Å². The average molecular weight is 573 g/mol. The van der Waals surface area contributed by atoms with Crippen LogP contribution in [0.3, 0.4) is 0 Å². The number of anilines is 2. The number of aryl methyl sites for hydroxylation is 1. The van der Waals surface area contributed by atoms with Gasteiger partial charge in [0.15, 0.2) is 10.2 Å². The molecule has 0 bridgehead atoms. The van der Waals surface area contributed by atoms with E-state index in [4.69, 9.17) is 21.4 Å². The average Bonchev–Trinajstić information content (AvgIpc) is 3.54. The third kappa shape index (κ3) is 5.85. The molecule has 1 fully saturated rings. The number of amides is 1. The second kappa shape index (κ2) is 11.3. The maximum atomic E-state index is 12.7. The molecule has 2 atom stereocenters. The number of carbonyl (C=O) groups excluding carboxylic acids is 1. The molecule has 0 radical (unpaired) electrons. The molecule has 206 valence electrons. The lowest BCUT2D eigenvalue weighted by Crippen LogP contribution is -2.30. The van der Waals surface area contributed by atoms with Crippen LogP contribution in [0.15, 0.2) is 93.4 Å². The first kappa shape index (κ1) is 27.7. The third-order valence-corrected chi connectivity index (χ3v) is 7.87. The quantitative estimate of drug-likeness (QED) is 0.223. The molecule has 2 N–H and O–H groups in total. The van der Waals surface area contributed by atoms with Crippen molar-refractivity contribution < 1.29 is 13.9 Å². The van der Waals surface area contributed by atoms with Crippen molar-refractivity contribution in [2.75, 3.05) is 17.3 Å². The number of methoxy groups -OCH3 is 1. The van der Waals surface area contributed by atoms with Crippen LogP contribution < -0.4 is 20.3 Å². The summed E-state index contributed by atoms with van der Waals surface area (Å²) in [5.74, 6) is 1.19. The first-order chi connectivity index (χ1) is 19.1. The second-order valence-corrected chi connectivity index (χ2v) is 12.1. The number of ether oxygens (including phenoxy) is 1. The zero-order valence-electron chi connectivity index (χ0n) is 23.1. The first-order valence-electron chi connectivity index (χ1n) is 13.0. The number of aromatic nitrogens is 1. The van der Waals surface area contributed by atoms with Gasteiger partial charge in [0, 0.05) is 28.3 Å². The van der Waals surface area contributed by atoms with E-state index >= 15 is 0 Å². The summed E-state index contributed by atoms with van der Waals surface area (Å²) >= 11 is 7.43. The molecule has 1 amide bonds. The highest BCUT2D eigenvalue weighted by Crippen LogP contribution is 2.45. The van der Waals surface area contributed by atoms with Crippen LogP contribution in [0.2, 0.25) is 0 Å². The first-order valence-corrected chi connectivity index (χ1v) is 14.2. The molecule has 4 aromatic rings. The lowest BCUT2D eigenvalue weighted by molar-refractivity contribution is -0.123. The molecule has 0 saturated carbocycles. The Kier molecular flexibility index (Phi) is 7.87. The molecular weight excluding hydrogens is 541 g/mol. The van der Waals surface area contributed by atoms with Crippen LogP contribution >= 0.6 is 24.0 Å². The topological polar surface area (TPSA) is 79.6 Å². The SMILES string of the molecule is COc1cc(N2C(=S)NC(c3ccccn3)C2c2ccc(Sc3ccc(C)cc3)o2)ccc1NC(=O)C(C)(C)C. The Morgan fingerprint density at radius 3 is 2.55 bits per heavy atom. The van der Waals surface area contributed by atoms with Crippen LogP contribution in [0.1, 0.15) is 49.9 Å². The Morgan fingerprint density at radius 2 is 1.88 bits per heavy atom. The number of rotatable bonds is 7. The summed E-state index contributed by atoms with van der Waals surface area (Å²) in [6.45, 7) is 7.68. The van der Waals surface area contributed by atoms with Gasteiger partial charge in [0.2, 0.25) is 5.91 Å². The van der Waals surface area contributed by atoms with Crippen molar-refractivity contribution in [3.05, 3.63) is 96.0 Å². The molecule has 5 rings (SSSR count). The lowest BCUT2D eigenvalue weighted by Gasteiger charge is -2.27. The second-order valence-electron chi connectivity index (χ2n) is 10.7. The van der Waals surface area contributed by atoms with Crippen molar-refractivity contribution in [3.63, 3.8) is 0 Å². The number of pyridine rings is 1. The van der Waals surface area contributed by atoms with Crippen LogP contribution in [0.5, 0.6) is 5.75 Å². The van der Waals surface area contributed by atoms with E-state index < -0.39 is 5.41 Å². The molecule has 1 aliphatic heterocycles. The Labute approximate surface area is 244 Å². The van der Waals surface area contributed by atoms with E-state index in [1.165, 1.54) is 5.56 Å². The van der Waals surface area contributed by atoms with Crippen molar-refractivity contribution in [2.24, 2.45) is 5.41 Å². The lowest BCUT2D eigenvalue weighted by atomic mass is 9.95. The van der Waals surface area contributed by atoms with Gasteiger partial charge in [-0.05, 0) is 67.7 Å². The summed E-state index contributed by atoms with van der Waals surface area (Å²) in [5.41, 5.74) is 2.91. The molecule has 2 aromatic heterocycles. The summed E-state index contributed by atoms with van der Waals surface area (Å²) < 4.78 is 12.1. The van der Waals surface area contributed by atoms with Crippen LogP contribution in [-0.4, -0.2) is 23.1 Å². The van der Waals surface area contributed by atoms with Crippen molar-refractivity contribution in [1.29, 1.82) is 0 Å². The summed E-state index contributed by atoms with van der Waals surface area (Å²) in [6.07, 6.45) is 1.77. The number of nitrogens with one attached hydrogen (secondary N) is 2. The number of hydrogen-bond donors (Lipinski definition) is 2. The minimum absolute atomic E-state index is 0.0980. The van der Waals surface area contributed by atoms with Gasteiger partial charge in [0.1, 0.15) is 17.6 Å². The predicted octanol–water partition coefficient (Wildman–Crippen LogP) is 7.30. The largest absolute Gasteiger partial charge is 0.494 e. The maximum absolute atomic E-state index is 12.7. The molecular formula is C31H32N4O3S2. The van der Waals surface area contributed by atoms with E-state index in [1.807, 2.05) is 74.2 Å². The molecule has 40 heavy (non-hydrogen) atoms. The highest BCUT2D eigenvalue weighted by molar-refractivity contribution is 7.99. The van der Waals surface area contributed by atoms with Gasteiger partial charge in [-0.1, -0.05) is 56.3 Å². The van der Waals surface area contributed by atoms with Gasteiger partial charge in [-0.15, -0.1) is 0 Å². The van der Waals surface area contributed by atoms with Crippen LogP contribution in [0.4, 0.5) is 11.4 Å². The minimum Gasteiger partial charge on any atom is -0.494 e. The molecule has 7 nitrogen and oxygen atoms in total. The fraction of sp³-hybridized carbons (Fsp3) is 0.258. The molecule has 1 aliphatic rings. The molecule has 1 saturated heterocycles. The molecule has 2 unspecified atom stereocenters. The van der Waals surface area contributed by atoms with Crippen molar-refractivity contribution in [2.45, 2.75) is 49.8 Å². The fourth-order valence-electron chi connectivity index (χ4n) is 4.44.